The number of hydrogen-bond acceptors (Lipinski definition) is 4. The van der Waals surface area contributed by atoms with Crippen LogP contribution in [-0.4, -0.2) is 74.2 Å². The maximum Gasteiger partial charge on any atom is 0.240 e. The fourth-order valence-electron chi connectivity index (χ4n) is 3.68. The Balaban J connectivity index is 1.55. The first-order valence-corrected chi connectivity index (χ1v) is 8.16. The van der Waals surface area contributed by atoms with Crippen LogP contribution in [0.15, 0.2) is 0 Å². The van der Waals surface area contributed by atoms with E-state index in [1.54, 1.807) is 0 Å². The molecular weight excluding hydrogens is 254 g/mol. The van der Waals surface area contributed by atoms with E-state index in [1.165, 1.54) is 6.42 Å². The Hall–Kier alpha value is -0.650. The maximum absolute atomic E-state index is 12.7. The number of nitrogens with one attached hydrogen (secondary N) is 1. The van der Waals surface area contributed by atoms with Crippen LogP contribution in [0.4, 0.5) is 0 Å². The number of carbonyl (C=O) groups excluding carboxylic acids is 1. The second-order valence-corrected chi connectivity index (χ2v) is 6.28. The first-order valence-electron chi connectivity index (χ1n) is 8.16. The van der Waals surface area contributed by atoms with Crippen LogP contribution >= 0.6 is 0 Å². The van der Waals surface area contributed by atoms with Crippen molar-refractivity contribution in [1.82, 2.24) is 15.1 Å². The summed E-state index contributed by atoms with van der Waals surface area (Å²) < 4.78 is 5.43. The summed E-state index contributed by atoms with van der Waals surface area (Å²) in [7, 11) is 0. The van der Waals surface area contributed by atoms with Crippen LogP contribution in [-0.2, 0) is 9.53 Å². The van der Waals surface area contributed by atoms with Crippen molar-refractivity contribution in [2.24, 2.45) is 5.92 Å². The standard InChI is InChI=1S/C15H27N3O2/c19-15(17-8-5-16-6-9-17)14-2-1-7-18(14)12-13-3-10-20-11-4-13/h13-14,16H,1-12H2. The maximum atomic E-state index is 12.7. The third-order valence-electron chi connectivity index (χ3n) is 4.91. The zero-order valence-corrected chi connectivity index (χ0v) is 12.4. The summed E-state index contributed by atoms with van der Waals surface area (Å²) in [5.74, 6) is 1.09. The van der Waals surface area contributed by atoms with Crippen molar-refractivity contribution in [3.8, 4) is 0 Å². The number of rotatable bonds is 3. The van der Waals surface area contributed by atoms with Gasteiger partial charge in [-0.2, -0.15) is 0 Å². The summed E-state index contributed by atoms with van der Waals surface area (Å²) in [6.07, 6.45) is 4.54. The van der Waals surface area contributed by atoms with Gasteiger partial charge in [0.25, 0.3) is 0 Å². The van der Waals surface area contributed by atoms with Gasteiger partial charge in [-0.15, -0.1) is 0 Å². The molecule has 0 aromatic carbocycles. The SMILES string of the molecule is O=C(C1CCCN1CC1CCOCC1)N1CCNCC1. The van der Waals surface area contributed by atoms with E-state index >= 15 is 0 Å². The van der Waals surface area contributed by atoms with E-state index < -0.39 is 0 Å². The minimum absolute atomic E-state index is 0.149. The first kappa shape index (κ1) is 14.3. The van der Waals surface area contributed by atoms with Crippen LogP contribution in [0.25, 0.3) is 0 Å². The van der Waals surface area contributed by atoms with Gasteiger partial charge in [-0.05, 0) is 38.1 Å². The highest BCUT2D eigenvalue weighted by Crippen LogP contribution is 2.24. The minimum atomic E-state index is 0.149. The largest absolute Gasteiger partial charge is 0.381 e. The monoisotopic (exact) mass is 281 g/mol. The number of nitrogens with zero attached hydrogens (tertiary/aromatic N) is 2. The molecule has 0 spiro atoms. The number of piperazine rings is 1. The molecule has 20 heavy (non-hydrogen) atoms. The van der Waals surface area contributed by atoms with Gasteiger partial charge >= 0.3 is 0 Å². The normalized spacial score (nSPS) is 29.8. The zero-order valence-electron chi connectivity index (χ0n) is 12.4. The van der Waals surface area contributed by atoms with Crippen molar-refractivity contribution >= 4 is 5.91 Å². The lowest BCUT2D eigenvalue weighted by Gasteiger charge is -2.35. The number of amides is 1. The summed E-state index contributed by atoms with van der Waals surface area (Å²) in [6, 6.07) is 0.149. The van der Waals surface area contributed by atoms with E-state index in [-0.39, 0.29) is 6.04 Å². The molecule has 3 aliphatic rings. The first-order chi connectivity index (χ1) is 9.84. The summed E-state index contributed by atoms with van der Waals surface area (Å²) in [5.41, 5.74) is 0. The highest BCUT2D eigenvalue weighted by molar-refractivity contribution is 5.82. The summed E-state index contributed by atoms with van der Waals surface area (Å²) in [5, 5.41) is 3.32. The lowest BCUT2D eigenvalue weighted by molar-refractivity contribution is -0.136. The molecular formula is C15H27N3O2. The molecule has 0 bridgehead atoms. The van der Waals surface area contributed by atoms with Gasteiger partial charge in [0.2, 0.25) is 5.91 Å². The van der Waals surface area contributed by atoms with Gasteiger partial charge in [-0.25, -0.2) is 0 Å². The molecule has 1 unspecified atom stereocenters. The second kappa shape index (κ2) is 6.87. The van der Waals surface area contributed by atoms with E-state index in [0.29, 0.717) is 5.91 Å². The van der Waals surface area contributed by atoms with E-state index in [2.05, 4.69) is 15.1 Å². The molecule has 0 aromatic rings. The van der Waals surface area contributed by atoms with Gasteiger partial charge in [0.05, 0.1) is 6.04 Å². The molecule has 5 heteroatoms. The molecule has 3 aliphatic heterocycles. The topological polar surface area (TPSA) is 44.8 Å². The number of hydrogen-bond donors (Lipinski definition) is 1. The quantitative estimate of drug-likeness (QED) is 0.809. The molecule has 1 amide bonds. The predicted octanol–water partition coefficient (Wildman–Crippen LogP) is 0.309. The van der Waals surface area contributed by atoms with Crippen LogP contribution in [0.5, 0.6) is 0 Å². The number of ether oxygens (including phenoxy) is 1. The predicted molar refractivity (Wildman–Crippen MR) is 77.6 cm³/mol. The average Bonchev–Trinajstić information content (AvgIpc) is 2.96. The van der Waals surface area contributed by atoms with Gasteiger partial charge in [0.1, 0.15) is 0 Å². The highest BCUT2D eigenvalue weighted by Gasteiger charge is 2.35. The van der Waals surface area contributed by atoms with Crippen molar-refractivity contribution in [3.63, 3.8) is 0 Å². The van der Waals surface area contributed by atoms with Crippen LogP contribution < -0.4 is 5.32 Å². The lowest BCUT2D eigenvalue weighted by atomic mass is 9.99. The summed E-state index contributed by atoms with van der Waals surface area (Å²) >= 11 is 0. The van der Waals surface area contributed by atoms with Gasteiger partial charge in [0.15, 0.2) is 0 Å². The fourth-order valence-corrected chi connectivity index (χ4v) is 3.68. The zero-order chi connectivity index (χ0) is 13.8. The Bertz CT molecular complexity index is 325. The highest BCUT2D eigenvalue weighted by atomic mass is 16.5. The molecule has 3 fully saturated rings. The molecule has 0 radical (unpaired) electrons. The van der Waals surface area contributed by atoms with Crippen LogP contribution in [0.2, 0.25) is 0 Å². The molecule has 0 aliphatic carbocycles. The Kier molecular flexibility index (Phi) is 4.91. The van der Waals surface area contributed by atoms with Crippen molar-refractivity contribution in [1.29, 1.82) is 0 Å². The molecule has 3 rings (SSSR count). The molecule has 3 heterocycles. The van der Waals surface area contributed by atoms with E-state index in [9.17, 15) is 4.79 Å². The Morgan fingerprint density at radius 3 is 2.60 bits per heavy atom. The molecule has 1 atom stereocenters. The Labute approximate surface area is 121 Å². The number of carbonyl (C=O) groups is 1. The van der Waals surface area contributed by atoms with Crippen LogP contribution in [0.3, 0.4) is 0 Å². The third kappa shape index (κ3) is 3.32. The van der Waals surface area contributed by atoms with Crippen molar-refractivity contribution in [2.45, 2.75) is 31.7 Å². The average molecular weight is 281 g/mol. The van der Waals surface area contributed by atoms with Crippen molar-refractivity contribution < 1.29 is 9.53 Å². The Morgan fingerprint density at radius 2 is 1.85 bits per heavy atom. The molecule has 0 aromatic heterocycles. The number of likely N-dealkylation sites (tertiary alicyclic amines) is 1. The smallest absolute Gasteiger partial charge is 0.240 e. The second-order valence-electron chi connectivity index (χ2n) is 6.28. The Morgan fingerprint density at radius 1 is 1.10 bits per heavy atom. The molecule has 3 saturated heterocycles. The molecule has 114 valence electrons. The summed E-state index contributed by atoms with van der Waals surface area (Å²) in [6.45, 7) is 7.62. The van der Waals surface area contributed by atoms with Gasteiger partial charge < -0.3 is 15.0 Å². The van der Waals surface area contributed by atoms with E-state index in [1.807, 2.05) is 0 Å². The minimum Gasteiger partial charge on any atom is -0.381 e. The van der Waals surface area contributed by atoms with Gasteiger partial charge in [-0.3, -0.25) is 9.69 Å². The molecule has 0 saturated carbocycles. The van der Waals surface area contributed by atoms with Gasteiger partial charge in [0, 0.05) is 45.9 Å². The molecule has 5 nitrogen and oxygen atoms in total. The van der Waals surface area contributed by atoms with Crippen LogP contribution in [0, 0.1) is 5.92 Å². The summed E-state index contributed by atoms with van der Waals surface area (Å²) in [4.78, 5) is 17.2. The van der Waals surface area contributed by atoms with E-state index in [0.717, 1.165) is 77.7 Å². The van der Waals surface area contributed by atoms with Crippen LogP contribution in [0.1, 0.15) is 25.7 Å². The van der Waals surface area contributed by atoms with Gasteiger partial charge in [-0.1, -0.05) is 0 Å². The lowest BCUT2D eigenvalue weighted by Crippen LogP contribution is -2.53. The molecule has 1 N–H and O–H groups in total. The van der Waals surface area contributed by atoms with Crippen molar-refractivity contribution in [3.05, 3.63) is 0 Å². The fraction of sp³-hybridized carbons (Fsp3) is 0.933. The third-order valence-corrected chi connectivity index (χ3v) is 4.91. The van der Waals surface area contributed by atoms with E-state index in [4.69, 9.17) is 4.74 Å². The van der Waals surface area contributed by atoms with Crippen molar-refractivity contribution in [2.75, 3.05) is 52.5 Å².